The maximum atomic E-state index is 13.4. The van der Waals surface area contributed by atoms with E-state index in [1.165, 1.54) is 3.97 Å². The van der Waals surface area contributed by atoms with Crippen molar-refractivity contribution in [2.45, 2.75) is 31.7 Å². The van der Waals surface area contributed by atoms with Gasteiger partial charge < -0.3 is 10.2 Å². The number of aromatic nitrogens is 5. The zero-order valence-corrected chi connectivity index (χ0v) is 21.2. The second-order valence-electron chi connectivity index (χ2n) is 9.33. The van der Waals surface area contributed by atoms with Crippen LogP contribution in [-0.2, 0) is 10.0 Å². The number of imidazole rings is 1. The van der Waals surface area contributed by atoms with Gasteiger partial charge in [0.2, 0.25) is 0 Å². The van der Waals surface area contributed by atoms with Crippen molar-refractivity contribution >= 4 is 32.5 Å². The van der Waals surface area contributed by atoms with Crippen molar-refractivity contribution in [2.24, 2.45) is 0 Å². The lowest BCUT2D eigenvalue weighted by atomic mass is 10.1. The van der Waals surface area contributed by atoms with Gasteiger partial charge in [-0.05, 0) is 57.2 Å². The Morgan fingerprint density at radius 2 is 1.83 bits per heavy atom. The molecule has 10 heteroatoms. The van der Waals surface area contributed by atoms with Crippen LogP contribution in [0.25, 0.3) is 27.9 Å². The minimum Gasteiger partial charge on any atom is -0.352 e. The molecular weight excluding hydrogens is 474 g/mol. The van der Waals surface area contributed by atoms with Gasteiger partial charge in [-0.2, -0.15) is 0 Å². The first-order valence-corrected chi connectivity index (χ1v) is 13.4. The molecule has 0 radical (unpaired) electrons. The summed E-state index contributed by atoms with van der Waals surface area (Å²) >= 11 is 0. The Hall–Kier alpha value is -3.76. The van der Waals surface area contributed by atoms with E-state index in [1.54, 1.807) is 42.7 Å². The summed E-state index contributed by atoms with van der Waals surface area (Å²) in [7, 11) is -3.80. The van der Waals surface area contributed by atoms with Crippen molar-refractivity contribution in [3.8, 4) is 11.3 Å². The van der Waals surface area contributed by atoms with Crippen molar-refractivity contribution in [1.82, 2.24) is 28.9 Å². The van der Waals surface area contributed by atoms with Gasteiger partial charge in [0.05, 0.1) is 16.3 Å². The van der Waals surface area contributed by atoms with Crippen LogP contribution in [0.2, 0.25) is 0 Å². The third kappa shape index (κ3) is 3.64. The molecule has 0 spiro atoms. The van der Waals surface area contributed by atoms with Gasteiger partial charge in [0.1, 0.15) is 5.82 Å². The Bertz CT molecular complexity index is 1700. The highest BCUT2D eigenvalue weighted by molar-refractivity contribution is 7.90. The first-order chi connectivity index (χ1) is 17.3. The van der Waals surface area contributed by atoms with E-state index in [0.717, 1.165) is 59.0 Å². The summed E-state index contributed by atoms with van der Waals surface area (Å²) in [5.74, 6) is 0.888. The van der Waals surface area contributed by atoms with E-state index < -0.39 is 10.0 Å². The van der Waals surface area contributed by atoms with Crippen LogP contribution in [0.5, 0.6) is 0 Å². The van der Waals surface area contributed by atoms with Crippen LogP contribution in [0.15, 0.2) is 65.8 Å². The van der Waals surface area contributed by atoms with Gasteiger partial charge in [-0.3, -0.25) is 0 Å². The van der Waals surface area contributed by atoms with Gasteiger partial charge in [-0.25, -0.2) is 26.9 Å². The van der Waals surface area contributed by atoms with Crippen LogP contribution in [0.3, 0.4) is 0 Å². The number of pyridine rings is 1. The molecule has 5 heterocycles. The average Bonchev–Trinajstić information content (AvgIpc) is 3.45. The minimum atomic E-state index is -3.80. The number of rotatable bonds is 4. The fraction of sp³-hybridized carbons (Fsp3) is 0.269. The third-order valence-corrected chi connectivity index (χ3v) is 8.40. The lowest BCUT2D eigenvalue weighted by molar-refractivity contribution is 0.481. The predicted molar refractivity (Wildman–Crippen MR) is 140 cm³/mol. The van der Waals surface area contributed by atoms with Gasteiger partial charge in [0.15, 0.2) is 11.3 Å². The lowest BCUT2D eigenvalue weighted by Crippen LogP contribution is -2.49. The van der Waals surface area contributed by atoms with Crippen LogP contribution in [0, 0.1) is 13.8 Å². The van der Waals surface area contributed by atoms with Crippen LogP contribution >= 0.6 is 0 Å². The fourth-order valence-electron chi connectivity index (χ4n) is 4.89. The number of hydrogen-bond donors (Lipinski definition) is 1. The summed E-state index contributed by atoms with van der Waals surface area (Å²) in [6.45, 7) is 8.70. The molecule has 9 nitrogen and oxygen atoms in total. The number of benzene rings is 1. The van der Waals surface area contributed by atoms with Crippen LogP contribution < -0.4 is 10.2 Å². The van der Waals surface area contributed by atoms with Gasteiger partial charge in [-0.1, -0.05) is 17.7 Å². The molecule has 1 aliphatic rings. The highest BCUT2D eigenvalue weighted by atomic mass is 32.2. The summed E-state index contributed by atoms with van der Waals surface area (Å²) in [6.07, 6.45) is 3.20. The normalized spacial score (nSPS) is 16.8. The number of nitrogens with zero attached hydrogens (tertiary/aromatic N) is 6. The lowest BCUT2D eigenvalue weighted by Gasteiger charge is -2.32. The monoisotopic (exact) mass is 501 g/mol. The molecule has 1 saturated heterocycles. The molecule has 0 saturated carbocycles. The first-order valence-electron chi connectivity index (χ1n) is 12.0. The molecule has 1 unspecified atom stereocenters. The van der Waals surface area contributed by atoms with Crippen molar-refractivity contribution in [3.05, 3.63) is 72.2 Å². The maximum Gasteiger partial charge on any atom is 0.269 e. The first kappa shape index (κ1) is 22.7. The van der Waals surface area contributed by atoms with Crippen LogP contribution in [0.4, 0.5) is 5.82 Å². The zero-order valence-electron chi connectivity index (χ0n) is 20.4. The van der Waals surface area contributed by atoms with Gasteiger partial charge in [0, 0.05) is 49.0 Å². The summed E-state index contributed by atoms with van der Waals surface area (Å²) in [5, 5.41) is 9.14. The maximum absolute atomic E-state index is 13.4. The Morgan fingerprint density at radius 1 is 1.03 bits per heavy atom. The Labute approximate surface area is 209 Å². The van der Waals surface area contributed by atoms with Crippen molar-refractivity contribution in [1.29, 1.82) is 0 Å². The molecule has 0 amide bonds. The highest BCUT2D eigenvalue weighted by Gasteiger charge is 2.24. The van der Waals surface area contributed by atoms with Crippen LogP contribution in [-0.4, -0.2) is 57.6 Å². The van der Waals surface area contributed by atoms with Crippen molar-refractivity contribution in [2.75, 3.05) is 24.5 Å². The fourth-order valence-corrected chi connectivity index (χ4v) is 6.19. The summed E-state index contributed by atoms with van der Waals surface area (Å²) in [4.78, 5) is 11.7. The molecule has 4 aromatic heterocycles. The van der Waals surface area contributed by atoms with Gasteiger partial charge in [-0.15, -0.1) is 5.10 Å². The van der Waals surface area contributed by atoms with E-state index in [1.807, 2.05) is 36.6 Å². The quantitative estimate of drug-likeness (QED) is 0.403. The van der Waals surface area contributed by atoms with Crippen molar-refractivity contribution < 1.29 is 8.42 Å². The van der Waals surface area contributed by atoms with Gasteiger partial charge >= 0.3 is 0 Å². The molecule has 5 aromatic rings. The number of piperazine rings is 1. The van der Waals surface area contributed by atoms with E-state index in [-0.39, 0.29) is 4.90 Å². The summed E-state index contributed by atoms with van der Waals surface area (Å²) < 4.78 is 30.0. The molecule has 0 bridgehead atoms. The van der Waals surface area contributed by atoms with Crippen molar-refractivity contribution in [3.63, 3.8) is 0 Å². The molecule has 1 atom stereocenters. The van der Waals surface area contributed by atoms with E-state index in [0.29, 0.717) is 11.7 Å². The van der Waals surface area contributed by atoms with E-state index in [9.17, 15) is 8.42 Å². The highest BCUT2D eigenvalue weighted by Crippen LogP contribution is 2.32. The molecule has 6 rings (SSSR count). The standard InChI is InChI=1S/C26H27N7O2S/c1-17-4-6-20(7-5-17)36(34,35)32-14-11-22-21(10-12-28-26(22)32)25-19(3)29-23-8-9-24(30-33(23)25)31-15-13-27-18(2)16-31/h4-12,14,18,27H,13,15-16H2,1-3H3. The zero-order chi connectivity index (χ0) is 25.0. The predicted octanol–water partition coefficient (Wildman–Crippen LogP) is 3.40. The van der Waals surface area contributed by atoms with Crippen LogP contribution in [0.1, 0.15) is 18.2 Å². The molecule has 1 fully saturated rings. The van der Waals surface area contributed by atoms with Gasteiger partial charge in [0.25, 0.3) is 10.0 Å². The Balaban J connectivity index is 1.49. The topological polar surface area (TPSA) is 97.4 Å². The SMILES string of the molecule is Cc1ccc(S(=O)(=O)n2ccc3c(-c4c(C)nc5ccc(N6CCNC(C)C6)nn45)ccnc32)cc1. The molecule has 1 aromatic carbocycles. The summed E-state index contributed by atoms with van der Waals surface area (Å²) in [5.41, 5.74) is 4.58. The summed E-state index contributed by atoms with van der Waals surface area (Å²) in [6, 6.07) is 14.9. The molecule has 36 heavy (non-hydrogen) atoms. The van der Waals surface area contributed by atoms with E-state index in [2.05, 4.69) is 22.1 Å². The number of fused-ring (bicyclic) bond motifs is 2. The second-order valence-corrected chi connectivity index (χ2v) is 11.1. The average molecular weight is 502 g/mol. The molecule has 1 aliphatic heterocycles. The Morgan fingerprint density at radius 3 is 2.61 bits per heavy atom. The number of nitrogens with one attached hydrogen (secondary N) is 1. The molecule has 184 valence electrons. The Kier molecular flexibility index (Phi) is 5.31. The molecule has 1 N–H and O–H groups in total. The smallest absolute Gasteiger partial charge is 0.269 e. The number of hydrogen-bond acceptors (Lipinski definition) is 7. The van der Waals surface area contributed by atoms with E-state index in [4.69, 9.17) is 10.1 Å². The largest absolute Gasteiger partial charge is 0.352 e. The third-order valence-electron chi connectivity index (χ3n) is 6.72. The second kappa shape index (κ2) is 8.42. The number of aryl methyl sites for hydroxylation is 2. The van der Waals surface area contributed by atoms with E-state index >= 15 is 0 Å². The molecular formula is C26H27N7O2S. The molecule has 0 aliphatic carbocycles. The number of anilines is 1. The minimum absolute atomic E-state index is 0.223.